The number of ether oxygens (including phenoxy) is 1. The second-order valence-corrected chi connectivity index (χ2v) is 12.5. The van der Waals surface area contributed by atoms with E-state index in [1.54, 1.807) is 0 Å². The SMILES string of the molecule is CC[N+](C)(CC)CC.CC[N+](C)(CC)CC.CC[N+](C)(CC)CC.CC[N+](C)(CC)CC.O=C([O-])C(=O)OCCBr.[O-]B([O-])[O-]. The van der Waals surface area contributed by atoms with E-state index in [4.69, 9.17) is 15.1 Å². The number of carbonyl (C=O) groups excluding carboxylic acids is 2. The maximum absolute atomic E-state index is 10.00. The molecule has 0 heterocycles. The van der Waals surface area contributed by atoms with Gasteiger partial charge in [-0.05, 0) is 83.1 Å². The average Bonchev–Trinajstić information content (AvgIpc) is 3.06. The third-order valence-electron chi connectivity index (χ3n) is 9.64. The summed E-state index contributed by atoms with van der Waals surface area (Å²) < 4.78 is 8.94. The van der Waals surface area contributed by atoms with Crippen molar-refractivity contribution in [3.63, 3.8) is 0 Å². The molecule has 0 N–H and O–H groups in total. The van der Waals surface area contributed by atoms with Crippen LogP contribution in [0.4, 0.5) is 0 Å². The molecule has 13 heteroatoms. The minimum Gasteiger partial charge on any atom is -0.907 e. The van der Waals surface area contributed by atoms with E-state index in [0.717, 1.165) is 0 Å². The summed E-state index contributed by atoms with van der Waals surface area (Å²) in [6.45, 7) is 42.0. The first-order chi connectivity index (χ1) is 20.6. The number of aliphatic carboxylic acids is 1. The van der Waals surface area contributed by atoms with E-state index in [-0.39, 0.29) is 6.61 Å². The number of halogens is 1. The molecule has 0 aliphatic heterocycles. The van der Waals surface area contributed by atoms with Crippen molar-refractivity contribution < 1.29 is 52.4 Å². The van der Waals surface area contributed by atoms with Crippen LogP contribution in [0.3, 0.4) is 0 Å². The Hall–Kier alpha value is -0.795. The number of carbonyl (C=O) groups is 2. The number of quaternary nitrogens is 4. The Kier molecular flexibility index (Phi) is 43.4. The summed E-state index contributed by atoms with van der Waals surface area (Å²) in [6.07, 6.45) is 0. The number of rotatable bonds is 14. The minimum atomic E-state index is -2.92. The Balaban J connectivity index is -0.000000103. The first kappa shape index (κ1) is 56.5. The summed E-state index contributed by atoms with van der Waals surface area (Å²) in [7, 11) is 6.25. The molecule has 0 aromatic heterocycles. The second-order valence-electron chi connectivity index (χ2n) is 11.7. The Bertz CT molecular complexity index is 539. The van der Waals surface area contributed by atoms with E-state index in [2.05, 4.69) is 132 Å². The Morgan fingerprint density at radius 2 is 0.667 bits per heavy atom. The predicted octanol–water partition coefficient (Wildman–Crippen LogP) is 0.697. The standard InChI is InChI=1S/4C7H18N.C4H5BrO4.BO3/c4*1-5-8(4,6-2)7-3;5-1-2-9-4(8)3(6)7;2-1(3)4/h4*5-7H2,1-4H3;1-2H2,(H,6,7);/q4*+1;;-3/p-1. The zero-order valence-corrected chi connectivity index (χ0v) is 34.1. The van der Waals surface area contributed by atoms with E-state index < -0.39 is 19.3 Å². The number of esters is 1. The molecule has 0 saturated heterocycles. The first-order valence-electron chi connectivity index (χ1n) is 16.9. The van der Waals surface area contributed by atoms with E-state index in [1.165, 1.54) is 96.5 Å². The van der Waals surface area contributed by atoms with Gasteiger partial charge < -0.3 is 47.6 Å². The third kappa shape index (κ3) is 39.3. The van der Waals surface area contributed by atoms with Gasteiger partial charge in [0.1, 0.15) is 6.61 Å². The van der Waals surface area contributed by atoms with Crippen molar-refractivity contribution in [3.05, 3.63) is 0 Å². The second kappa shape index (κ2) is 34.5. The van der Waals surface area contributed by atoms with Crippen molar-refractivity contribution in [2.24, 2.45) is 0 Å². The van der Waals surface area contributed by atoms with Crippen molar-refractivity contribution in [2.45, 2.75) is 83.1 Å². The van der Waals surface area contributed by atoms with Gasteiger partial charge in [-0.3, -0.25) is 7.32 Å². The summed E-state index contributed by atoms with van der Waals surface area (Å²) >= 11 is 2.94. The van der Waals surface area contributed by atoms with Crippen molar-refractivity contribution in [1.29, 1.82) is 0 Å². The highest BCUT2D eigenvalue weighted by molar-refractivity contribution is 9.09. The van der Waals surface area contributed by atoms with Crippen LogP contribution in [-0.4, -0.2) is 156 Å². The highest BCUT2D eigenvalue weighted by Gasteiger charge is 2.13. The summed E-state index contributed by atoms with van der Waals surface area (Å²) in [5.41, 5.74) is 0. The van der Waals surface area contributed by atoms with Crippen molar-refractivity contribution >= 4 is 35.2 Å². The highest BCUT2D eigenvalue weighted by atomic mass is 79.9. The lowest BCUT2D eigenvalue weighted by atomic mass is 10.3. The molecule has 0 unspecified atom stereocenters. The topological polar surface area (TPSA) is 136 Å². The zero-order valence-electron chi connectivity index (χ0n) is 32.5. The first-order valence-corrected chi connectivity index (χ1v) is 18.0. The van der Waals surface area contributed by atoms with Gasteiger partial charge in [0.25, 0.3) is 0 Å². The van der Waals surface area contributed by atoms with Crippen molar-refractivity contribution in [3.8, 4) is 0 Å². The number of carboxylic acid groups (broad SMARTS) is 1. The number of hydrogen-bond acceptors (Lipinski definition) is 7. The number of nitrogens with zero attached hydrogens (tertiary/aromatic N) is 4. The predicted molar refractivity (Wildman–Crippen MR) is 187 cm³/mol. The Labute approximate surface area is 288 Å². The van der Waals surface area contributed by atoms with E-state index in [0.29, 0.717) is 5.33 Å². The van der Waals surface area contributed by atoms with Gasteiger partial charge in [-0.25, -0.2) is 4.79 Å². The maximum Gasteiger partial charge on any atom is 0.354 e. The lowest BCUT2D eigenvalue weighted by Gasteiger charge is -2.35. The van der Waals surface area contributed by atoms with Crippen LogP contribution in [0.2, 0.25) is 0 Å². The molecule has 276 valence electrons. The molecule has 0 aromatic rings. The monoisotopic (exact) mass is 718 g/mol. The molecule has 0 bridgehead atoms. The molecular formula is C32H76BBrN4O7. The van der Waals surface area contributed by atoms with E-state index >= 15 is 0 Å². The minimum absolute atomic E-state index is 0.0484. The maximum atomic E-state index is 10.00. The summed E-state index contributed by atoms with van der Waals surface area (Å²) in [5, 5.41) is 35.3. The van der Waals surface area contributed by atoms with Crippen LogP contribution in [-0.2, 0) is 14.3 Å². The molecular weight excluding hydrogens is 643 g/mol. The van der Waals surface area contributed by atoms with Crippen LogP contribution in [0.1, 0.15) is 83.1 Å². The van der Waals surface area contributed by atoms with E-state index in [1.807, 2.05) is 0 Å². The van der Waals surface area contributed by atoms with Crippen molar-refractivity contribution in [1.82, 2.24) is 0 Å². The van der Waals surface area contributed by atoms with Gasteiger partial charge in [-0.1, -0.05) is 15.9 Å². The zero-order chi connectivity index (χ0) is 37.3. The number of alkyl halides is 1. The smallest absolute Gasteiger partial charge is 0.354 e. The van der Waals surface area contributed by atoms with Crippen LogP contribution in [0.25, 0.3) is 0 Å². The lowest BCUT2D eigenvalue weighted by Crippen LogP contribution is -2.56. The summed E-state index contributed by atoms with van der Waals surface area (Å²) in [4.78, 5) is 19.6. The molecule has 0 radical (unpaired) electrons. The van der Waals surface area contributed by atoms with Gasteiger partial charge in [-0.2, -0.15) is 0 Å². The largest absolute Gasteiger partial charge is 0.907 e. The van der Waals surface area contributed by atoms with Gasteiger partial charge in [0.15, 0.2) is 5.97 Å². The fourth-order valence-corrected chi connectivity index (χ4v) is 3.04. The fraction of sp³-hybridized carbons (Fsp3) is 0.938. The fourth-order valence-electron chi connectivity index (χ4n) is 2.87. The molecule has 0 atom stereocenters. The third-order valence-corrected chi connectivity index (χ3v) is 9.96. The number of carboxylic acids is 1. The molecule has 0 amide bonds. The normalized spacial score (nSPS) is 10.8. The van der Waals surface area contributed by atoms with Gasteiger partial charge in [0, 0.05) is 5.33 Å². The molecule has 45 heavy (non-hydrogen) atoms. The summed E-state index contributed by atoms with van der Waals surface area (Å²) in [5.74, 6) is -3.13. The summed E-state index contributed by atoms with van der Waals surface area (Å²) in [6, 6.07) is 0. The Morgan fingerprint density at radius 1 is 0.511 bits per heavy atom. The van der Waals surface area contributed by atoms with Gasteiger partial charge in [0.05, 0.1) is 107 Å². The molecule has 0 fully saturated rings. The van der Waals surface area contributed by atoms with Crippen LogP contribution >= 0.6 is 15.9 Å². The van der Waals surface area contributed by atoms with Gasteiger partial charge >= 0.3 is 5.97 Å². The quantitative estimate of drug-likeness (QED) is 0.0849. The molecule has 0 aromatic carbocycles. The average molecular weight is 720 g/mol. The van der Waals surface area contributed by atoms with E-state index in [9.17, 15) is 14.7 Å². The van der Waals surface area contributed by atoms with Gasteiger partial charge in [-0.15, -0.1) is 0 Å². The number of hydrogen-bond donors (Lipinski definition) is 0. The molecule has 0 rings (SSSR count). The molecule has 0 aliphatic carbocycles. The Morgan fingerprint density at radius 3 is 0.733 bits per heavy atom. The lowest BCUT2D eigenvalue weighted by molar-refractivity contribution is -0.904. The molecule has 0 saturated carbocycles. The molecule has 0 spiro atoms. The van der Waals surface area contributed by atoms with Crippen LogP contribution in [0.15, 0.2) is 0 Å². The van der Waals surface area contributed by atoms with Gasteiger partial charge in [0.2, 0.25) is 0 Å². The van der Waals surface area contributed by atoms with Crippen molar-refractivity contribution in [2.75, 3.05) is 119 Å². The molecule has 0 aliphatic rings. The van der Waals surface area contributed by atoms with Crippen LogP contribution in [0.5, 0.6) is 0 Å². The van der Waals surface area contributed by atoms with Crippen LogP contribution < -0.4 is 20.2 Å². The highest BCUT2D eigenvalue weighted by Crippen LogP contribution is 1.99. The van der Waals surface area contributed by atoms with Crippen LogP contribution in [0, 0.1) is 0 Å². The molecule has 11 nitrogen and oxygen atoms in total.